The highest BCUT2D eigenvalue weighted by molar-refractivity contribution is 5.45. The molecule has 0 bridgehead atoms. The van der Waals surface area contributed by atoms with Gasteiger partial charge in [0, 0.05) is 17.4 Å². The molecule has 1 aromatic heterocycles. The Balaban J connectivity index is 0.000000637. The summed E-state index contributed by atoms with van der Waals surface area (Å²) in [4.78, 5) is 0. The molecule has 3 rings (SSSR count). The molecule has 0 saturated heterocycles. The maximum Gasteiger partial charge on any atom is 0.113 e. The van der Waals surface area contributed by atoms with E-state index in [1.54, 1.807) is 11.1 Å². The fraction of sp³-hybridized carbons (Fsp3) is 0.778. The van der Waals surface area contributed by atoms with Crippen LogP contribution in [0.4, 0.5) is 0 Å². The number of rotatable bonds is 1. The summed E-state index contributed by atoms with van der Waals surface area (Å²) in [5.41, 5.74) is 3.37. The topological polar surface area (TPSA) is 13.1 Å². The van der Waals surface area contributed by atoms with Crippen molar-refractivity contribution in [1.82, 2.24) is 0 Å². The lowest BCUT2D eigenvalue weighted by molar-refractivity contribution is 0.370. The number of hydrogen-bond donors (Lipinski definition) is 0. The Morgan fingerprint density at radius 3 is 2.42 bits per heavy atom. The van der Waals surface area contributed by atoms with Gasteiger partial charge in [-0.15, -0.1) is 0 Å². The Morgan fingerprint density at radius 1 is 1.16 bits per heavy atom. The zero-order valence-corrected chi connectivity index (χ0v) is 13.6. The van der Waals surface area contributed by atoms with Gasteiger partial charge in [0.1, 0.15) is 11.5 Å². The van der Waals surface area contributed by atoms with Gasteiger partial charge in [0.15, 0.2) is 0 Å². The van der Waals surface area contributed by atoms with Crippen molar-refractivity contribution in [2.24, 2.45) is 5.92 Å². The van der Waals surface area contributed by atoms with Gasteiger partial charge >= 0.3 is 0 Å². The predicted molar refractivity (Wildman–Crippen MR) is 81.9 cm³/mol. The molecule has 2 atom stereocenters. The summed E-state index contributed by atoms with van der Waals surface area (Å²) < 4.78 is 6.21. The normalized spacial score (nSPS) is 24.7. The van der Waals surface area contributed by atoms with Gasteiger partial charge in [0.25, 0.3) is 0 Å². The third kappa shape index (κ3) is 2.37. The van der Waals surface area contributed by atoms with Crippen LogP contribution in [0.25, 0.3) is 0 Å². The average molecular weight is 262 g/mol. The SMILES string of the molecule is CC.CCc1oc(C(C)(C)C)c2c1CC1CCCC21. The minimum absolute atomic E-state index is 0.162. The van der Waals surface area contributed by atoms with Gasteiger partial charge in [0.2, 0.25) is 0 Å². The van der Waals surface area contributed by atoms with E-state index in [0.717, 1.165) is 18.3 Å². The van der Waals surface area contributed by atoms with E-state index in [1.165, 1.54) is 37.2 Å². The van der Waals surface area contributed by atoms with Crippen molar-refractivity contribution in [2.75, 3.05) is 0 Å². The second-order valence-electron chi connectivity index (χ2n) is 6.85. The molecule has 1 aromatic rings. The fourth-order valence-electron chi connectivity index (χ4n) is 3.91. The third-order valence-electron chi connectivity index (χ3n) is 4.63. The molecule has 0 N–H and O–H groups in total. The highest BCUT2D eigenvalue weighted by Crippen LogP contribution is 2.53. The molecular weight excluding hydrogens is 232 g/mol. The van der Waals surface area contributed by atoms with Crippen molar-refractivity contribution in [2.45, 2.75) is 85.0 Å². The summed E-state index contributed by atoms with van der Waals surface area (Å²) >= 11 is 0. The van der Waals surface area contributed by atoms with Gasteiger partial charge in [-0.2, -0.15) is 0 Å². The molecule has 108 valence electrons. The first kappa shape index (κ1) is 14.7. The fourth-order valence-corrected chi connectivity index (χ4v) is 3.91. The van der Waals surface area contributed by atoms with Crippen molar-refractivity contribution >= 4 is 0 Å². The zero-order chi connectivity index (χ0) is 14.2. The Bertz CT molecular complexity index is 433. The summed E-state index contributed by atoms with van der Waals surface area (Å²) in [6, 6.07) is 0. The van der Waals surface area contributed by atoms with E-state index >= 15 is 0 Å². The molecule has 0 spiro atoms. The van der Waals surface area contributed by atoms with E-state index < -0.39 is 0 Å². The number of aryl methyl sites for hydroxylation is 1. The Kier molecular flexibility index (Phi) is 4.13. The van der Waals surface area contributed by atoms with Gasteiger partial charge in [-0.3, -0.25) is 0 Å². The first-order valence-corrected chi connectivity index (χ1v) is 8.17. The summed E-state index contributed by atoms with van der Waals surface area (Å²) in [7, 11) is 0. The summed E-state index contributed by atoms with van der Waals surface area (Å²) in [5.74, 6) is 4.32. The first-order valence-electron chi connectivity index (χ1n) is 8.17. The molecule has 1 heteroatoms. The minimum atomic E-state index is 0.162. The van der Waals surface area contributed by atoms with Gasteiger partial charge in [-0.25, -0.2) is 0 Å². The summed E-state index contributed by atoms with van der Waals surface area (Å²) in [6.07, 6.45) is 6.60. The van der Waals surface area contributed by atoms with Gasteiger partial charge in [0.05, 0.1) is 0 Å². The predicted octanol–water partition coefficient (Wildman–Crippen LogP) is 5.61. The van der Waals surface area contributed by atoms with Crippen LogP contribution in [-0.2, 0) is 18.3 Å². The summed E-state index contributed by atoms with van der Waals surface area (Å²) in [6.45, 7) is 13.1. The molecule has 1 heterocycles. The second kappa shape index (κ2) is 5.34. The van der Waals surface area contributed by atoms with E-state index in [1.807, 2.05) is 13.8 Å². The molecule has 0 radical (unpaired) electrons. The maximum atomic E-state index is 6.21. The summed E-state index contributed by atoms with van der Waals surface area (Å²) in [5, 5.41) is 0. The minimum Gasteiger partial charge on any atom is -0.465 e. The lowest BCUT2D eigenvalue weighted by atomic mass is 9.85. The van der Waals surface area contributed by atoms with Gasteiger partial charge in [-0.05, 0) is 36.7 Å². The Hall–Kier alpha value is -0.720. The maximum absolute atomic E-state index is 6.21. The molecule has 1 nitrogen and oxygen atoms in total. The van der Waals surface area contributed by atoms with Crippen LogP contribution in [0.2, 0.25) is 0 Å². The Labute approximate surface area is 118 Å². The van der Waals surface area contributed by atoms with Crippen LogP contribution in [0.1, 0.15) is 89.4 Å². The van der Waals surface area contributed by atoms with Gasteiger partial charge in [-0.1, -0.05) is 48.0 Å². The van der Waals surface area contributed by atoms with Crippen molar-refractivity contribution in [1.29, 1.82) is 0 Å². The average Bonchev–Trinajstić information content (AvgIpc) is 2.99. The number of hydrogen-bond acceptors (Lipinski definition) is 1. The quantitative estimate of drug-likeness (QED) is 0.641. The second-order valence-corrected chi connectivity index (χ2v) is 6.85. The van der Waals surface area contributed by atoms with Crippen LogP contribution in [0.3, 0.4) is 0 Å². The standard InChI is InChI=1S/C16H24O.C2H6/c1-5-13-12-9-10-7-6-8-11(10)14(12)15(17-13)16(2,3)4;1-2/h10-11H,5-9H2,1-4H3;1-2H3. The van der Waals surface area contributed by atoms with Crippen LogP contribution in [0.15, 0.2) is 4.42 Å². The molecular formula is C18H30O. The van der Waals surface area contributed by atoms with E-state index in [4.69, 9.17) is 4.42 Å². The number of fused-ring (bicyclic) bond motifs is 3. The van der Waals surface area contributed by atoms with Crippen molar-refractivity contribution in [3.05, 3.63) is 22.6 Å². The van der Waals surface area contributed by atoms with Crippen LogP contribution < -0.4 is 0 Å². The smallest absolute Gasteiger partial charge is 0.113 e. The van der Waals surface area contributed by atoms with Crippen molar-refractivity contribution in [3.63, 3.8) is 0 Å². The molecule has 19 heavy (non-hydrogen) atoms. The zero-order valence-electron chi connectivity index (χ0n) is 13.6. The van der Waals surface area contributed by atoms with Gasteiger partial charge < -0.3 is 4.42 Å². The Morgan fingerprint density at radius 2 is 1.84 bits per heavy atom. The lowest BCUT2D eigenvalue weighted by Gasteiger charge is -2.20. The van der Waals surface area contributed by atoms with Crippen LogP contribution in [-0.4, -0.2) is 0 Å². The number of furan rings is 1. The highest BCUT2D eigenvalue weighted by atomic mass is 16.3. The molecule has 1 saturated carbocycles. The highest BCUT2D eigenvalue weighted by Gasteiger charge is 2.43. The molecule has 2 unspecified atom stereocenters. The van der Waals surface area contributed by atoms with E-state index in [-0.39, 0.29) is 5.41 Å². The third-order valence-corrected chi connectivity index (χ3v) is 4.63. The monoisotopic (exact) mass is 262 g/mol. The van der Waals surface area contributed by atoms with E-state index in [2.05, 4.69) is 27.7 Å². The molecule has 0 amide bonds. The van der Waals surface area contributed by atoms with Crippen LogP contribution in [0, 0.1) is 5.92 Å². The first-order chi connectivity index (χ1) is 9.02. The molecule has 0 aromatic carbocycles. The molecule has 2 aliphatic rings. The van der Waals surface area contributed by atoms with Crippen LogP contribution >= 0.6 is 0 Å². The van der Waals surface area contributed by atoms with E-state index in [9.17, 15) is 0 Å². The molecule has 1 fully saturated rings. The van der Waals surface area contributed by atoms with Crippen LogP contribution in [0.5, 0.6) is 0 Å². The largest absolute Gasteiger partial charge is 0.465 e. The molecule has 0 aliphatic heterocycles. The van der Waals surface area contributed by atoms with Crippen molar-refractivity contribution < 1.29 is 4.42 Å². The lowest BCUT2D eigenvalue weighted by Crippen LogP contribution is -2.14. The van der Waals surface area contributed by atoms with Crippen molar-refractivity contribution in [3.8, 4) is 0 Å². The molecule has 2 aliphatic carbocycles. The van der Waals surface area contributed by atoms with E-state index in [0.29, 0.717) is 0 Å².